The molecule has 0 radical (unpaired) electrons. The highest BCUT2D eigenvalue weighted by atomic mass is 32.1. The molecule has 0 spiro atoms. The molecule has 2 aromatic heterocycles. The minimum absolute atomic E-state index is 0.0295. The van der Waals surface area contributed by atoms with Crippen LogP contribution >= 0.6 is 11.3 Å². The van der Waals surface area contributed by atoms with Gasteiger partial charge >= 0.3 is 0 Å². The molecule has 7 heteroatoms. The van der Waals surface area contributed by atoms with Crippen LogP contribution < -0.4 is 5.32 Å². The number of carbonyl (C=O) groups is 2. The lowest BCUT2D eigenvalue weighted by Gasteiger charge is -2.31. The first-order valence-electron chi connectivity index (χ1n) is 12.3. The number of imidazole rings is 1. The quantitative estimate of drug-likeness (QED) is 0.348. The summed E-state index contributed by atoms with van der Waals surface area (Å²) in [4.78, 5) is 33.3. The van der Waals surface area contributed by atoms with Gasteiger partial charge in [0.1, 0.15) is 0 Å². The molecule has 5 rings (SSSR count). The van der Waals surface area contributed by atoms with Crippen LogP contribution in [0.4, 0.5) is 5.95 Å². The van der Waals surface area contributed by atoms with Crippen molar-refractivity contribution in [2.24, 2.45) is 0 Å². The van der Waals surface area contributed by atoms with Gasteiger partial charge in [-0.3, -0.25) is 14.9 Å². The molecule has 35 heavy (non-hydrogen) atoms. The van der Waals surface area contributed by atoms with E-state index in [9.17, 15) is 9.59 Å². The number of hydrogen-bond acceptors (Lipinski definition) is 4. The summed E-state index contributed by atoms with van der Waals surface area (Å²) in [5.74, 6) is 0.353. The van der Waals surface area contributed by atoms with Gasteiger partial charge in [-0.05, 0) is 54.5 Å². The Bertz CT molecular complexity index is 1310. The molecule has 1 aliphatic carbocycles. The molecule has 0 saturated heterocycles. The SMILES string of the molecule is CN(C(=O)c1ccc2c(c1)nc(NC(=O)c1cccs1)n2CCc1ccccc1)C1CCCCC1. The van der Waals surface area contributed by atoms with E-state index in [0.717, 1.165) is 24.8 Å². The number of thiophene rings is 1. The molecule has 6 nitrogen and oxygen atoms in total. The van der Waals surface area contributed by atoms with Crippen LogP contribution in [0.5, 0.6) is 0 Å². The van der Waals surface area contributed by atoms with E-state index in [0.29, 0.717) is 34.5 Å². The van der Waals surface area contributed by atoms with Gasteiger partial charge < -0.3 is 9.47 Å². The summed E-state index contributed by atoms with van der Waals surface area (Å²) < 4.78 is 2.03. The molecule has 1 aliphatic rings. The summed E-state index contributed by atoms with van der Waals surface area (Å²) in [6.07, 6.45) is 6.56. The highest BCUT2D eigenvalue weighted by Gasteiger charge is 2.24. The number of benzene rings is 2. The van der Waals surface area contributed by atoms with Crippen molar-refractivity contribution in [1.82, 2.24) is 14.5 Å². The Morgan fingerprint density at radius 3 is 2.60 bits per heavy atom. The van der Waals surface area contributed by atoms with Crippen molar-refractivity contribution in [2.75, 3.05) is 12.4 Å². The lowest BCUT2D eigenvalue weighted by molar-refractivity contribution is 0.0696. The molecule has 0 atom stereocenters. The van der Waals surface area contributed by atoms with Gasteiger partial charge in [0.15, 0.2) is 0 Å². The zero-order valence-corrected chi connectivity index (χ0v) is 20.8. The van der Waals surface area contributed by atoms with Crippen LogP contribution in [0.2, 0.25) is 0 Å². The second kappa shape index (κ2) is 10.4. The summed E-state index contributed by atoms with van der Waals surface area (Å²) >= 11 is 1.40. The Balaban J connectivity index is 1.44. The van der Waals surface area contributed by atoms with Crippen molar-refractivity contribution in [3.63, 3.8) is 0 Å². The summed E-state index contributed by atoms with van der Waals surface area (Å²) in [7, 11) is 1.91. The van der Waals surface area contributed by atoms with Crippen LogP contribution in [-0.4, -0.2) is 39.4 Å². The van der Waals surface area contributed by atoms with Crippen molar-refractivity contribution in [3.8, 4) is 0 Å². The molecular formula is C28H30N4O2S. The highest BCUT2D eigenvalue weighted by Crippen LogP contribution is 2.26. The van der Waals surface area contributed by atoms with Gasteiger partial charge in [-0.15, -0.1) is 11.3 Å². The third-order valence-electron chi connectivity index (χ3n) is 6.88. The van der Waals surface area contributed by atoms with E-state index in [1.165, 1.54) is 36.2 Å². The molecule has 2 amide bonds. The van der Waals surface area contributed by atoms with Crippen LogP contribution in [0.3, 0.4) is 0 Å². The topological polar surface area (TPSA) is 67.2 Å². The third kappa shape index (κ3) is 5.15. The predicted molar refractivity (Wildman–Crippen MR) is 141 cm³/mol. The summed E-state index contributed by atoms with van der Waals surface area (Å²) in [6, 6.07) is 19.9. The van der Waals surface area contributed by atoms with E-state index in [1.807, 2.05) is 64.4 Å². The molecule has 0 aliphatic heterocycles. The molecule has 2 heterocycles. The molecule has 180 valence electrons. The van der Waals surface area contributed by atoms with Crippen LogP contribution in [-0.2, 0) is 13.0 Å². The summed E-state index contributed by atoms with van der Waals surface area (Å²) in [5, 5.41) is 4.87. The van der Waals surface area contributed by atoms with Crippen molar-refractivity contribution in [3.05, 3.63) is 82.0 Å². The van der Waals surface area contributed by atoms with Gasteiger partial charge in [-0.1, -0.05) is 55.7 Å². The number of anilines is 1. The number of fused-ring (bicyclic) bond motifs is 1. The largest absolute Gasteiger partial charge is 0.339 e. The molecule has 1 fully saturated rings. The Morgan fingerprint density at radius 2 is 1.86 bits per heavy atom. The average Bonchev–Trinajstić information content (AvgIpc) is 3.56. The standard InChI is InChI=1S/C28H30N4O2S/c1-31(22-11-6-3-7-12-22)27(34)21-14-15-24-23(19-21)29-28(30-26(33)25-13-8-18-35-25)32(24)17-16-20-9-4-2-5-10-20/h2,4-5,8-10,13-15,18-19,22H,3,6-7,11-12,16-17H2,1H3,(H,29,30,33). The first kappa shape index (κ1) is 23.3. The van der Waals surface area contributed by atoms with Gasteiger partial charge in [0.05, 0.1) is 15.9 Å². The molecule has 0 bridgehead atoms. The van der Waals surface area contributed by atoms with Crippen LogP contribution in [0.15, 0.2) is 66.0 Å². The number of nitrogens with zero attached hydrogens (tertiary/aromatic N) is 3. The number of hydrogen-bond donors (Lipinski definition) is 1. The molecule has 0 unspecified atom stereocenters. The zero-order chi connectivity index (χ0) is 24.2. The Hall–Kier alpha value is -3.45. The van der Waals surface area contributed by atoms with E-state index in [2.05, 4.69) is 17.4 Å². The fourth-order valence-corrected chi connectivity index (χ4v) is 5.50. The summed E-state index contributed by atoms with van der Waals surface area (Å²) in [6.45, 7) is 0.663. The Labute approximate surface area is 209 Å². The maximum atomic E-state index is 13.2. The van der Waals surface area contributed by atoms with Gasteiger partial charge in [0, 0.05) is 25.2 Å². The van der Waals surface area contributed by atoms with Crippen molar-refractivity contribution in [1.29, 1.82) is 0 Å². The first-order valence-corrected chi connectivity index (χ1v) is 13.1. The maximum Gasteiger partial charge on any atom is 0.268 e. The summed E-state index contributed by atoms with van der Waals surface area (Å²) in [5.41, 5.74) is 3.46. The average molecular weight is 487 g/mol. The highest BCUT2D eigenvalue weighted by molar-refractivity contribution is 7.12. The smallest absolute Gasteiger partial charge is 0.268 e. The number of aromatic nitrogens is 2. The van der Waals surface area contributed by atoms with Crippen LogP contribution in [0.25, 0.3) is 11.0 Å². The second-order valence-electron chi connectivity index (χ2n) is 9.17. The number of rotatable bonds is 7. The van der Waals surface area contributed by atoms with Crippen molar-refractivity contribution >= 4 is 40.1 Å². The minimum atomic E-state index is -0.176. The van der Waals surface area contributed by atoms with Crippen molar-refractivity contribution < 1.29 is 9.59 Å². The molecule has 4 aromatic rings. The molecule has 1 N–H and O–H groups in total. The predicted octanol–water partition coefficient (Wildman–Crippen LogP) is 6.00. The second-order valence-corrected chi connectivity index (χ2v) is 10.1. The zero-order valence-electron chi connectivity index (χ0n) is 19.9. The number of carbonyl (C=O) groups excluding carboxylic acids is 2. The monoisotopic (exact) mass is 486 g/mol. The number of nitrogens with one attached hydrogen (secondary N) is 1. The van der Waals surface area contributed by atoms with E-state index < -0.39 is 0 Å². The minimum Gasteiger partial charge on any atom is -0.339 e. The van der Waals surface area contributed by atoms with Crippen molar-refractivity contribution in [2.45, 2.75) is 51.1 Å². The maximum absolute atomic E-state index is 13.2. The lowest BCUT2D eigenvalue weighted by Crippen LogP contribution is -2.38. The lowest BCUT2D eigenvalue weighted by atomic mass is 9.94. The van der Waals surface area contributed by atoms with E-state index in [4.69, 9.17) is 4.98 Å². The molecular weight excluding hydrogens is 456 g/mol. The fourth-order valence-electron chi connectivity index (χ4n) is 4.88. The van der Waals surface area contributed by atoms with Gasteiger partial charge in [-0.25, -0.2) is 4.98 Å². The van der Waals surface area contributed by atoms with E-state index in [-0.39, 0.29) is 11.8 Å². The van der Waals surface area contributed by atoms with Crippen LogP contribution in [0, 0.1) is 0 Å². The van der Waals surface area contributed by atoms with Gasteiger partial charge in [0.2, 0.25) is 5.95 Å². The van der Waals surface area contributed by atoms with Gasteiger partial charge in [-0.2, -0.15) is 0 Å². The van der Waals surface area contributed by atoms with E-state index in [1.54, 1.807) is 6.07 Å². The molecule has 2 aromatic carbocycles. The van der Waals surface area contributed by atoms with Gasteiger partial charge in [0.25, 0.3) is 11.8 Å². The van der Waals surface area contributed by atoms with E-state index >= 15 is 0 Å². The normalized spacial score (nSPS) is 14.2. The number of amides is 2. The van der Waals surface area contributed by atoms with Crippen LogP contribution in [0.1, 0.15) is 57.7 Å². The molecule has 1 saturated carbocycles. The third-order valence-corrected chi connectivity index (χ3v) is 7.74. The number of aryl methyl sites for hydroxylation is 2. The Morgan fingerprint density at radius 1 is 1.06 bits per heavy atom. The fraction of sp³-hybridized carbons (Fsp3) is 0.321. The Kier molecular flexibility index (Phi) is 6.95. The first-order chi connectivity index (χ1) is 17.1.